The van der Waals surface area contributed by atoms with Crippen molar-refractivity contribution in [1.29, 1.82) is 0 Å². The number of anilines is 1. The Labute approximate surface area is 114 Å². The van der Waals surface area contributed by atoms with Crippen LogP contribution in [0.3, 0.4) is 0 Å². The molecule has 0 saturated carbocycles. The van der Waals surface area contributed by atoms with Gasteiger partial charge in [-0.15, -0.1) is 0 Å². The van der Waals surface area contributed by atoms with Gasteiger partial charge in [-0.05, 0) is 18.6 Å². The zero-order valence-electron chi connectivity index (χ0n) is 11.7. The molecule has 0 aliphatic heterocycles. The van der Waals surface area contributed by atoms with Crippen LogP contribution in [-0.4, -0.2) is 43.9 Å². The van der Waals surface area contributed by atoms with Crippen molar-refractivity contribution in [2.45, 2.75) is 13.3 Å². The van der Waals surface area contributed by atoms with Gasteiger partial charge in [-0.3, -0.25) is 9.59 Å². The molecule has 2 amide bonds. The molecule has 0 spiro atoms. The Morgan fingerprint density at radius 2 is 1.89 bits per heavy atom. The van der Waals surface area contributed by atoms with Gasteiger partial charge in [-0.1, -0.05) is 19.1 Å². The zero-order valence-corrected chi connectivity index (χ0v) is 11.7. The van der Waals surface area contributed by atoms with Gasteiger partial charge in [0.25, 0.3) is 5.91 Å². The predicted octanol–water partition coefficient (Wildman–Crippen LogP) is 1.33. The number of benzene rings is 1. The van der Waals surface area contributed by atoms with Crippen molar-refractivity contribution < 1.29 is 9.59 Å². The van der Waals surface area contributed by atoms with Crippen LogP contribution in [0.25, 0.3) is 0 Å². The number of para-hydroxylation sites is 1. The highest BCUT2D eigenvalue weighted by molar-refractivity contribution is 6.01. The van der Waals surface area contributed by atoms with Crippen molar-refractivity contribution in [2.75, 3.05) is 32.5 Å². The number of nitrogens with one attached hydrogen (secondary N) is 2. The summed E-state index contributed by atoms with van der Waals surface area (Å²) in [5.74, 6) is -0.292. The molecule has 0 aliphatic rings. The monoisotopic (exact) mass is 263 g/mol. The molecule has 0 aliphatic carbocycles. The summed E-state index contributed by atoms with van der Waals surface area (Å²) in [4.78, 5) is 25.5. The molecule has 5 heteroatoms. The first-order chi connectivity index (χ1) is 9.13. The maximum absolute atomic E-state index is 12.5. The van der Waals surface area contributed by atoms with Crippen molar-refractivity contribution in [3.05, 3.63) is 29.8 Å². The van der Waals surface area contributed by atoms with Gasteiger partial charge < -0.3 is 15.5 Å². The van der Waals surface area contributed by atoms with Crippen molar-refractivity contribution in [3.63, 3.8) is 0 Å². The molecule has 0 saturated heterocycles. The van der Waals surface area contributed by atoms with Gasteiger partial charge in [0.1, 0.15) is 0 Å². The smallest absolute Gasteiger partial charge is 0.256 e. The molecule has 104 valence electrons. The average molecular weight is 263 g/mol. The second-order valence-corrected chi connectivity index (χ2v) is 4.20. The lowest BCUT2D eigenvalue weighted by molar-refractivity contribution is -0.121. The number of nitrogens with zero attached hydrogens (tertiary/aromatic N) is 1. The Balaban J connectivity index is 2.95. The van der Waals surface area contributed by atoms with E-state index >= 15 is 0 Å². The summed E-state index contributed by atoms with van der Waals surface area (Å²) in [5.41, 5.74) is 1.35. The van der Waals surface area contributed by atoms with Crippen molar-refractivity contribution in [1.82, 2.24) is 10.2 Å². The maximum atomic E-state index is 12.5. The largest absolute Gasteiger partial charge is 0.387 e. The van der Waals surface area contributed by atoms with E-state index < -0.39 is 0 Å². The third-order valence-corrected chi connectivity index (χ3v) is 2.82. The van der Waals surface area contributed by atoms with E-state index in [1.54, 1.807) is 25.1 Å². The highest BCUT2D eigenvalue weighted by Crippen LogP contribution is 2.16. The van der Waals surface area contributed by atoms with Crippen molar-refractivity contribution in [3.8, 4) is 0 Å². The van der Waals surface area contributed by atoms with E-state index in [1.807, 2.05) is 25.1 Å². The molecule has 1 rings (SSSR count). The molecule has 0 radical (unpaired) electrons. The molecule has 0 aromatic heterocycles. The van der Waals surface area contributed by atoms with Crippen LogP contribution >= 0.6 is 0 Å². The van der Waals surface area contributed by atoms with Crippen LogP contribution < -0.4 is 10.6 Å². The van der Waals surface area contributed by atoms with Crippen LogP contribution in [0.1, 0.15) is 23.7 Å². The van der Waals surface area contributed by atoms with Crippen LogP contribution in [0.4, 0.5) is 5.69 Å². The first-order valence-electron chi connectivity index (χ1n) is 6.40. The second kappa shape index (κ2) is 7.41. The molecule has 19 heavy (non-hydrogen) atoms. The Morgan fingerprint density at radius 3 is 2.47 bits per heavy atom. The van der Waals surface area contributed by atoms with Gasteiger partial charge in [0.05, 0.1) is 12.1 Å². The van der Waals surface area contributed by atoms with E-state index in [-0.39, 0.29) is 18.4 Å². The third-order valence-electron chi connectivity index (χ3n) is 2.82. The molecule has 0 bridgehead atoms. The Hall–Kier alpha value is -2.04. The van der Waals surface area contributed by atoms with E-state index in [9.17, 15) is 9.59 Å². The number of hydrogen-bond donors (Lipinski definition) is 2. The number of rotatable bonds is 6. The Kier molecular flexibility index (Phi) is 5.85. The van der Waals surface area contributed by atoms with Gasteiger partial charge in [0.15, 0.2) is 0 Å². The lowest BCUT2D eigenvalue weighted by Gasteiger charge is -2.22. The highest BCUT2D eigenvalue weighted by atomic mass is 16.2. The summed E-state index contributed by atoms with van der Waals surface area (Å²) in [6.07, 6.45) is 0.810. The molecule has 0 atom stereocenters. The third kappa shape index (κ3) is 3.98. The van der Waals surface area contributed by atoms with E-state index in [1.165, 1.54) is 0 Å². The van der Waals surface area contributed by atoms with Gasteiger partial charge in [-0.2, -0.15) is 0 Å². The average Bonchev–Trinajstić information content (AvgIpc) is 2.45. The SMILES string of the molecule is CCCN(CC(=O)NC)C(=O)c1ccccc1NC. The van der Waals surface area contributed by atoms with Crippen LogP contribution in [0.5, 0.6) is 0 Å². The molecule has 5 nitrogen and oxygen atoms in total. The van der Waals surface area contributed by atoms with Crippen molar-refractivity contribution >= 4 is 17.5 Å². The summed E-state index contributed by atoms with van der Waals surface area (Å²) in [6.45, 7) is 2.62. The fourth-order valence-corrected chi connectivity index (χ4v) is 1.83. The highest BCUT2D eigenvalue weighted by Gasteiger charge is 2.19. The fraction of sp³-hybridized carbons (Fsp3) is 0.429. The lowest BCUT2D eigenvalue weighted by atomic mass is 10.1. The standard InChI is InChI=1S/C14H21N3O2/c1-4-9-17(10-13(18)16-3)14(19)11-7-5-6-8-12(11)15-2/h5-8,15H,4,9-10H2,1-3H3,(H,16,18). The lowest BCUT2D eigenvalue weighted by Crippen LogP contribution is -2.40. The Bertz CT molecular complexity index is 446. The quantitative estimate of drug-likeness (QED) is 0.814. The van der Waals surface area contributed by atoms with Gasteiger partial charge in [0, 0.05) is 26.3 Å². The topological polar surface area (TPSA) is 61.4 Å². The van der Waals surface area contributed by atoms with Gasteiger partial charge in [-0.25, -0.2) is 0 Å². The summed E-state index contributed by atoms with van der Waals surface area (Å²) >= 11 is 0. The number of likely N-dealkylation sites (N-methyl/N-ethyl adjacent to an activating group) is 1. The van der Waals surface area contributed by atoms with Crippen LogP contribution in [0.2, 0.25) is 0 Å². The fourth-order valence-electron chi connectivity index (χ4n) is 1.83. The maximum Gasteiger partial charge on any atom is 0.256 e. The first kappa shape index (κ1) is 15.0. The molecular weight excluding hydrogens is 242 g/mol. The molecule has 1 aromatic rings. The van der Waals surface area contributed by atoms with E-state index in [0.29, 0.717) is 12.1 Å². The minimum absolute atomic E-state index is 0.0845. The second-order valence-electron chi connectivity index (χ2n) is 4.20. The summed E-state index contributed by atoms with van der Waals surface area (Å²) < 4.78 is 0. The van der Waals surface area contributed by atoms with Crippen LogP contribution in [0, 0.1) is 0 Å². The minimum Gasteiger partial charge on any atom is -0.387 e. The number of carbonyl (C=O) groups excluding carboxylic acids is 2. The Morgan fingerprint density at radius 1 is 1.21 bits per heavy atom. The van der Waals surface area contributed by atoms with Gasteiger partial charge in [0.2, 0.25) is 5.91 Å². The first-order valence-corrected chi connectivity index (χ1v) is 6.40. The van der Waals surface area contributed by atoms with Crippen LogP contribution in [0.15, 0.2) is 24.3 Å². The normalized spacial score (nSPS) is 9.84. The van der Waals surface area contributed by atoms with E-state index in [4.69, 9.17) is 0 Å². The molecule has 0 fully saturated rings. The number of amides is 2. The number of carbonyl (C=O) groups is 2. The summed E-state index contributed by atoms with van der Waals surface area (Å²) in [6, 6.07) is 7.29. The predicted molar refractivity (Wildman–Crippen MR) is 76.2 cm³/mol. The molecule has 1 aromatic carbocycles. The summed E-state index contributed by atoms with van der Waals surface area (Å²) in [7, 11) is 3.34. The molecule has 0 unspecified atom stereocenters. The minimum atomic E-state index is -0.163. The van der Waals surface area contributed by atoms with Crippen LogP contribution in [-0.2, 0) is 4.79 Å². The van der Waals surface area contributed by atoms with Gasteiger partial charge >= 0.3 is 0 Å². The van der Waals surface area contributed by atoms with Crippen molar-refractivity contribution in [2.24, 2.45) is 0 Å². The zero-order chi connectivity index (χ0) is 14.3. The van der Waals surface area contributed by atoms with E-state index in [0.717, 1.165) is 12.1 Å². The summed E-state index contributed by atoms with van der Waals surface area (Å²) in [5, 5.41) is 5.53. The molecule has 0 heterocycles. The molecular formula is C14H21N3O2. The molecule has 2 N–H and O–H groups in total. The number of hydrogen-bond acceptors (Lipinski definition) is 3. The van der Waals surface area contributed by atoms with E-state index in [2.05, 4.69) is 10.6 Å².